The van der Waals surface area contributed by atoms with E-state index in [4.69, 9.17) is 14.2 Å². The van der Waals surface area contributed by atoms with Gasteiger partial charge in [0.05, 0.1) is 25.5 Å². The number of aliphatic hydroxyl groups excluding tert-OH is 1. The van der Waals surface area contributed by atoms with E-state index < -0.39 is 47.4 Å². The number of fused-ring (bicyclic) bond motifs is 1. The van der Waals surface area contributed by atoms with Crippen molar-refractivity contribution < 1.29 is 42.5 Å². The number of halogens is 2. The SMILES string of the molecule is CO[C@@]1(NC(=O)CSC(F)F)C(=O)N2C(C(=O)OC(c3ccccc3)c3ccccc3)=C(CSc3nnnn3CCO)CO[C@H]21. The van der Waals surface area contributed by atoms with Crippen molar-refractivity contribution in [3.63, 3.8) is 0 Å². The predicted octanol–water partition coefficient (Wildman–Crippen LogP) is 1.96. The summed E-state index contributed by atoms with van der Waals surface area (Å²) in [7, 11) is 1.16. The second-order valence-electron chi connectivity index (χ2n) is 9.65. The summed E-state index contributed by atoms with van der Waals surface area (Å²) < 4.78 is 44.2. The van der Waals surface area contributed by atoms with Gasteiger partial charge in [-0.3, -0.25) is 14.5 Å². The van der Waals surface area contributed by atoms with Crippen LogP contribution in [0, 0.1) is 0 Å². The van der Waals surface area contributed by atoms with Crippen molar-refractivity contribution in [2.75, 3.05) is 31.8 Å². The Balaban J connectivity index is 1.47. The Labute approximate surface area is 264 Å². The first kappa shape index (κ1) is 32.5. The molecule has 2 atom stereocenters. The molecule has 0 bridgehead atoms. The van der Waals surface area contributed by atoms with Crippen molar-refractivity contribution in [3.05, 3.63) is 83.1 Å². The summed E-state index contributed by atoms with van der Waals surface area (Å²) in [6.07, 6.45) is -2.13. The van der Waals surface area contributed by atoms with E-state index in [1.54, 1.807) is 0 Å². The van der Waals surface area contributed by atoms with Crippen LogP contribution in [0.1, 0.15) is 17.2 Å². The molecule has 238 valence electrons. The fourth-order valence-electron chi connectivity index (χ4n) is 4.86. The molecule has 2 aromatic carbocycles. The number of hydrogen-bond donors (Lipinski definition) is 2. The molecule has 5 rings (SSSR count). The van der Waals surface area contributed by atoms with Crippen LogP contribution in [0.5, 0.6) is 0 Å². The van der Waals surface area contributed by atoms with Crippen LogP contribution in [0.4, 0.5) is 8.78 Å². The molecule has 0 aliphatic carbocycles. The van der Waals surface area contributed by atoms with Gasteiger partial charge in [0.1, 0.15) is 5.70 Å². The monoisotopic (exact) mass is 662 g/mol. The fourth-order valence-corrected chi connectivity index (χ4v) is 6.10. The summed E-state index contributed by atoms with van der Waals surface area (Å²) in [5.41, 5.74) is -0.438. The van der Waals surface area contributed by atoms with Gasteiger partial charge in [-0.1, -0.05) is 84.2 Å². The molecule has 2 aliphatic rings. The van der Waals surface area contributed by atoms with Crippen LogP contribution >= 0.6 is 23.5 Å². The molecule has 1 fully saturated rings. The highest BCUT2D eigenvalue weighted by Gasteiger charge is 2.67. The van der Waals surface area contributed by atoms with Gasteiger partial charge in [-0.05, 0) is 27.1 Å². The molecule has 0 radical (unpaired) electrons. The van der Waals surface area contributed by atoms with Gasteiger partial charge in [0, 0.05) is 12.9 Å². The zero-order chi connectivity index (χ0) is 32.0. The number of tetrazole rings is 1. The third-order valence-corrected chi connectivity index (χ3v) is 8.63. The number of carbonyl (C=O) groups is 3. The first-order valence-electron chi connectivity index (χ1n) is 13.5. The van der Waals surface area contributed by atoms with Crippen LogP contribution in [0.3, 0.4) is 0 Å². The van der Waals surface area contributed by atoms with Crippen LogP contribution in [0.2, 0.25) is 0 Å². The number of carbonyl (C=O) groups excluding carboxylic acids is 3. The van der Waals surface area contributed by atoms with Crippen molar-refractivity contribution in [1.82, 2.24) is 30.4 Å². The average Bonchev–Trinajstić information content (AvgIpc) is 3.51. The van der Waals surface area contributed by atoms with Gasteiger partial charge in [-0.2, -0.15) is 8.78 Å². The number of methoxy groups -OCH3 is 1. The highest BCUT2D eigenvalue weighted by atomic mass is 32.2. The number of thioether (sulfide) groups is 2. The Bertz CT molecular complexity index is 1510. The number of aliphatic hydroxyl groups is 1. The van der Waals surface area contributed by atoms with Crippen molar-refractivity contribution >= 4 is 41.3 Å². The number of ether oxygens (including phenoxy) is 3. The Kier molecular flexibility index (Phi) is 10.4. The smallest absolute Gasteiger partial charge is 0.356 e. The molecule has 0 spiro atoms. The number of nitrogens with one attached hydrogen (secondary N) is 1. The number of amides is 2. The summed E-state index contributed by atoms with van der Waals surface area (Å²) in [6.45, 7) is -0.239. The molecule has 0 saturated carbocycles. The first-order valence-corrected chi connectivity index (χ1v) is 15.6. The Morgan fingerprint density at radius 3 is 2.42 bits per heavy atom. The minimum atomic E-state index is -2.79. The second kappa shape index (κ2) is 14.5. The fraction of sp³-hybridized carbons (Fsp3) is 0.357. The Morgan fingerprint density at radius 1 is 1.16 bits per heavy atom. The molecule has 17 heteroatoms. The van der Waals surface area contributed by atoms with E-state index >= 15 is 0 Å². The van der Waals surface area contributed by atoms with Crippen LogP contribution < -0.4 is 5.32 Å². The van der Waals surface area contributed by atoms with Crippen molar-refractivity contribution in [3.8, 4) is 0 Å². The molecule has 2 N–H and O–H groups in total. The minimum absolute atomic E-state index is 0.0873. The number of aromatic nitrogens is 4. The lowest BCUT2D eigenvalue weighted by atomic mass is 9.94. The lowest BCUT2D eigenvalue weighted by Gasteiger charge is -2.55. The van der Waals surface area contributed by atoms with Crippen molar-refractivity contribution in [2.45, 2.75) is 35.5 Å². The number of benzene rings is 2. The Hall–Kier alpha value is -3.90. The standard InChI is InChI=1S/C28H28F2N6O7S2/c1-41-28(31-20(38)16-44-26(29)30)24(40)36-21(19(14-42-25(28)36)15-45-27-32-33-34-35(27)12-13-37)23(39)43-22(17-8-4-2-5-9-17)18-10-6-3-7-11-18/h2-11,22,25-26,37H,12-16H2,1H3,(H,31,38)/t25-,28-/m0/s1. The molecule has 45 heavy (non-hydrogen) atoms. The first-order chi connectivity index (χ1) is 21.8. The molecule has 2 aliphatic heterocycles. The molecule has 2 amide bonds. The molecular formula is C28H28F2N6O7S2. The maximum absolute atomic E-state index is 14.1. The topological polar surface area (TPSA) is 158 Å². The summed E-state index contributed by atoms with van der Waals surface area (Å²) in [5.74, 6) is -5.90. The zero-order valence-electron chi connectivity index (χ0n) is 23.7. The highest BCUT2D eigenvalue weighted by Crippen LogP contribution is 2.42. The third-order valence-electron chi connectivity index (χ3n) is 6.91. The van der Waals surface area contributed by atoms with E-state index in [0.717, 1.165) is 23.8 Å². The second-order valence-corrected chi connectivity index (χ2v) is 11.6. The number of hydrogen-bond acceptors (Lipinski definition) is 12. The van der Waals surface area contributed by atoms with E-state index in [2.05, 4.69) is 20.8 Å². The van der Waals surface area contributed by atoms with Gasteiger partial charge in [0.15, 0.2) is 12.3 Å². The van der Waals surface area contributed by atoms with Crippen molar-refractivity contribution in [1.29, 1.82) is 0 Å². The third kappa shape index (κ3) is 6.86. The van der Waals surface area contributed by atoms with Gasteiger partial charge < -0.3 is 24.6 Å². The van der Waals surface area contributed by atoms with Gasteiger partial charge >= 0.3 is 5.97 Å². The number of rotatable bonds is 14. The average molecular weight is 663 g/mol. The molecule has 1 saturated heterocycles. The van der Waals surface area contributed by atoms with Gasteiger partial charge in [0.25, 0.3) is 17.4 Å². The summed E-state index contributed by atoms with van der Waals surface area (Å²) in [6, 6.07) is 18.1. The van der Waals surface area contributed by atoms with E-state index in [1.807, 2.05) is 60.7 Å². The summed E-state index contributed by atoms with van der Waals surface area (Å²) in [4.78, 5) is 41.3. The quantitative estimate of drug-likeness (QED) is 0.112. The summed E-state index contributed by atoms with van der Waals surface area (Å²) >= 11 is 1.23. The maximum Gasteiger partial charge on any atom is 0.356 e. The largest absolute Gasteiger partial charge is 0.448 e. The zero-order valence-corrected chi connectivity index (χ0v) is 25.4. The van der Waals surface area contributed by atoms with Crippen LogP contribution in [-0.2, 0) is 35.1 Å². The lowest BCUT2D eigenvalue weighted by Crippen LogP contribution is -2.82. The van der Waals surface area contributed by atoms with Crippen LogP contribution in [0.25, 0.3) is 0 Å². The lowest BCUT2D eigenvalue weighted by molar-refractivity contribution is -0.258. The van der Waals surface area contributed by atoms with E-state index in [9.17, 15) is 28.3 Å². The highest BCUT2D eigenvalue weighted by molar-refractivity contribution is 8.00. The van der Waals surface area contributed by atoms with Crippen molar-refractivity contribution in [2.24, 2.45) is 0 Å². The van der Waals surface area contributed by atoms with Crippen LogP contribution in [0.15, 0.2) is 77.1 Å². The molecule has 3 heterocycles. The predicted molar refractivity (Wildman–Crippen MR) is 156 cm³/mol. The van der Waals surface area contributed by atoms with E-state index in [1.165, 1.54) is 4.68 Å². The number of alkyl halides is 2. The van der Waals surface area contributed by atoms with Crippen LogP contribution in [-0.4, -0.2) is 97.5 Å². The number of β-lactam (4-membered cyclic amide) rings is 1. The maximum atomic E-state index is 14.1. The van der Waals surface area contributed by atoms with Gasteiger partial charge in [-0.15, -0.1) is 5.10 Å². The molecule has 13 nitrogen and oxygen atoms in total. The van der Waals surface area contributed by atoms with Gasteiger partial charge in [0.2, 0.25) is 11.1 Å². The van der Waals surface area contributed by atoms with E-state index in [-0.39, 0.29) is 43.0 Å². The van der Waals surface area contributed by atoms with E-state index in [0.29, 0.717) is 21.9 Å². The summed E-state index contributed by atoms with van der Waals surface area (Å²) in [5, 5.41) is 23.4. The molecule has 1 aromatic heterocycles. The number of nitrogens with zero attached hydrogens (tertiary/aromatic N) is 5. The molecule has 0 unspecified atom stereocenters. The molecular weight excluding hydrogens is 634 g/mol. The molecule has 3 aromatic rings. The minimum Gasteiger partial charge on any atom is -0.448 e. The van der Waals surface area contributed by atoms with Gasteiger partial charge in [-0.25, -0.2) is 9.48 Å². The normalized spacial score (nSPS) is 19.5. The Morgan fingerprint density at radius 2 is 1.82 bits per heavy atom. The number of esters is 1.